The van der Waals surface area contributed by atoms with Gasteiger partial charge in [0.25, 0.3) is 0 Å². The van der Waals surface area contributed by atoms with Gasteiger partial charge < -0.3 is 9.32 Å². The largest absolute Gasteiger partial charge is 0.467 e. The summed E-state index contributed by atoms with van der Waals surface area (Å²) in [4.78, 5) is 14.0. The maximum atomic E-state index is 12.0. The lowest BCUT2D eigenvalue weighted by Crippen LogP contribution is -2.31. The average Bonchev–Trinajstić information content (AvgIpc) is 2.87. The van der Waals surface area contributed by atoms with Gasteiger partial charge in [-0.3, -0.25) is 4.79 Å². The van der Waals surface area contributed by atoms with Gasteiger partial charge in [0.1, 0.15) is 5.76 Å². The summed E-state index contributed by atoms with van der Waals surface area (Å²) in [6.07, 6.45) is 4.42. The Balaban J connectivity index is 2.06. The first-order valence-electron chi connectivity index (χ1n) is 6.01. The molecule has 16 heavy (non-hydrogen) atoms. The molecule has 0 saturated carbocycles. The Labute approximate surface area is 96.4 Å². The second-order valence-electron chi connectivity index (χ2n) is 4.86. The number of carbonyl (C=O) groups excluding carboxylic acids is 1. The normalized spacial score (nSPS) is 20.7. The molecule has 1 unspecified atom stereocenters. The predicted octanol–water partition coefficient (Wildman–Crippen LogP) is 2.99. The highest BCUT2D eigenvalue weighted by Crippen LogP contribution is 2.32. The van der Waals surface area contributed by atoms with E-state index in [-0.39, 0.29) is 11.9 Å². The van der Waals surface area contributed by atoms with Crippen LogP contribution in [0.25, 0.3) is 0 Å². The van der Waals surface area contributed by atoms with E-state index in [0.717, 1.165) is 25.1 Å². The molecular weight excluding hydrogens is 202 g/mol. The van der Waals surface area contributed by atoms with Crippen molar-refractivity contribution in [3.05, 3.63) is 24.2 Å². The average molecular weight is 221 g/mol. The summed E-state index contributed by atoms with van der Waals surface area (Å²) in [6, 6.07) is 4.02. The van der Waals surface area contributed by atoms with E-state index < -0.39 is 0 Å². The first-order valence-corrected chi connectivity index (χ1v) is 6.01. The van der Waals surface area contributed by atoms with Crippen molar-refractivity contribution in [3.8, 4) is 0 Å². The van der Waals surface area contributed by atoms with Crippen LogP contribution in [-0.4, -0.2) is 17.4 Å². The fourth-order valence-electron chi connectivity index (χ4n) is 2.31. The summed E-state index contributed by atoms with van der Waals surface area (Å²) < 4.78 is 5.41. The van der Waals surface area contributed by atoms with Crippen molar-refractivity contribution in [2.75, 3.05) is 6.54 Å². The molecule has 0 N–H and O–H groups in total. The fraction of sp³-hybridized carbons (Fsp3) is 0.615. The minimum Gasteiger partial charge on any atom is -0.467 e. The number of likely N-dealkylation sites (tertiary alicyclic amines) is 1. The number of rotatable bonds is 3. The third-order valence-corrected chi connectivity index (χ3v) is 3.03. The number of nitrogens with zero attached hydrogens (tertiary/aromatic N) is 1. The van der Waals surface area contributed by atoms with E-state index in [2.05, 4.69) is 13.8 Å². The van der Waals surface area contributed by atoms with E-state index in [1.165, 1.54) is 0 Å². The minimum absolute atomic E-state index is 0.168. The zero-order chi connectivity index (χ0) is 11.5. The van der Waals surface area contributed by atoms with E-state index in [0.29, 0.717) is 12.3 Å². The lowest BCUT2D eigenvalue weighted by atomic mass is 10.1. The van der Waals surface area contributed by atoms with E-state index in [4.69, 9.17) is 4.42 Å². The summed E-state index contributed by atoms with van der Waals surface area (Å²) in [5, 5.41) is 0. The monoisotopic (exact) mass is 221 g/mol. The van der Waals surface area contributed by atoms with Gasteiger partial charge in [-0.25, -0.2) is 0 Å². The van der Waals surface area contributed by atoms with Crippen LogP contribution in [0.3, 0.4) is 0 Å². The SMILES string of the molecule is CC(C)CC(=O)N1CCCC1c1ccco1. The molecule has 3 heteroatoms. The molecule has 0 aliphatic carbocycles. The number of hydrogen-bond acceptors (Lipinski definition) is 2. The summed E-state index contributed by atoms with van der Waals surface area (Å²) in [7, 11) is 0. The van der Waals surface area contributed by atoms with Crippen LogP contribution in [0.2, 0.25) is 0 Å². The Hall–Kier alpha value is -1.25. The molecule has 1 aliphatic heterocycles. The molecule has 1 aromatic heterocycles. The van der Waals surface area contributed by atoms with Crippen LogP contribution in [0.15, 0.2) is 22.8 Å². The molecule has 1 amide bonds. The van der Waals surface area contributed by atoms with Crippen LogP contribution in [0.1, 0.15) is 44.9 Å². The smallest absolute Gasteiger partial charge is 0.223 e. The lowest BCUT2D eigenvalue weighted by molar-refractivity contribution is -0.133. The van der Waals surface area contributed by atoms with Gasteiger partial charge in [-0.05, 0) is 30.9 Å². The van der Waals surface area contributed by atoms with Gasteiger partial charge in [0.05, 0.1) is 12.3 Å². The van der Waals surface area contributed by atoms with Crippen LogP contribution in [0.4, 0.5) is 0 Å². The van der Waals surface area contributed by atoms with Gasteiger partial charge in [-0.1, -0.05) is 13.8 Å². The predicted molar refractivity (Wildman–Crippen MR) is 61.9 cm³/mol. The van der Waals surface area contributed by atoms with Crippen LogP contribution >= 0.6 is 0 Å². The highest BCUT2D eigenvalue weighted by molar-refractivity contribution is 5.77. The van der Waals surface area contributed by atoms with Crippen molar-refractivity contribution < 1.29 is 9.21 Å². The van der Waals surface area contributed by atoms with E-state index in [9.17, 15) is 4.79 Å². The van der Waals surface area contributed by atoms with E-state index in [1.54, 1.807) is 6.26 Å². The fourth-order valence-corrected chi connectivity index (χ4v) is 2.31. The molecule has 0 spiro atoms. The Bertz CT molecular complexity index is 343. The molecule has 1 atom stereocenters. The number of hydrogen-bond donors (Lipinski definition) is 0. The minimum atomic E-state index is 0.168. The Morgan fingerprint density at radius 1 is 1.62 bits per heavy atom. The third-order valence-electron chi connectivity index (χ3n) is 3.03. The molecule has 1 aliphatic rings. The first-order chi connectivity index (χ1) is 7.68. The van der Waals surface area contributed by atoms with Gasteiger partial charge in [0.15, 0.2) is 0 Å². The molecular formula is C13H19NO2. The molecule has 1 aromatic rings. The van der Waals surface area contributed by atoms with E-state index in [1.807, 2.05) is 17.0 Å². The van der Waals surface area contributed by atoms with Gasteiger partial charge in [-0.15, -0.1) is 0 Å². The Morgan fingerprint density at radius 2 is 2.44 bits per heavy atom. The second-order valence-corrected chi connectivity index (χ2v) is 4.86. The zero-order valence-electron chi connectivity index (χ0n) is 9.98. The van der Waals surface area contributed by atoms with Crippen molar-refractivity contribution in [3.63, 3.8) is 0 Å². The van der Waals surface area contributed by atoms with Crippen LogP contribution < -0.4 is 0 Å². The van der Waals surface area contributed by atoms with E-state index >= 15 is 0 Å². The summed E-state index contributed by atoms with van der Waals surface area (Å²) >= 11 is 0. The number of amides is 1. The van der Waals surface area contributed by atoms with Crippen molar-refractivity contribution in [1.29, 1.82) is 0 Å². The second kappa shape index (κ2) is 4.73. The molecule has 2 rings (SSSR count). The molecule has 0 radical (unpaired) electrons. The van der Waals surface area contributed by atoms with Crippen molar-refractivity contribution >= 4 is 5.91 Å². The van der Waals surface area contributed by atoms with Crippen molar-refractivity contribution in [1.82, 2.24) is 4.90 Å². The topological polar surface area (TPSA) is 33.5 Å². The highest BCUT2D eigenvalue weighted by atomic mass is 16.3. The van der Waals surface area contributed by atoms with Crippen molar-refractivity contribution in [2.45, 2.75) is 39.2 Å². The Morgan fingerprint density at radius 3 is 3.06 bits per heavy atom. The van der Waals surface area contributed by atoms with Crippen molar-refractivity contribution in [2.24, 2.45) is 5.92 Å². The molecule has 1 fully saturated rings. The quantitative estimate of drug-likeness (QED) is 0.786. The third kappa shape index (κ3) is 2.29. The number of carbonyl (C=O) groups is 1. The molecule has 2 heterocycles. The summed E-state index contributed by atoms with van der Waals surface area (Å²) in [6.45, 7) is 5.03. The Kier molecular flexibility index (Phi) is 3.32. The van der Waals surface area contributed by atoms with Gasteiger partial charge in [0, 0.05) is 13.0 Å². The summed E-state index contributed by atoms with van der Waals surface area (Å²) in [5.74, 6) is 1.61. The summed E-state index contributed by atoms with van der Waals surface area (Å²) in [5.41, 5.74) is 0. The lowest BCUT2D eigenvalue weighted by Gasteiger charge is -2.23. The number of furan rings is 1. The molecule has 0 bridgehead atoms. The van der Waals surface area contributed by atoms with Gasteiger partial charge in [0.2, 0.25) is 5.91 Å². The van der Waals surface area contributed by atoms with Crippen LogP contribution in [0, 0.1) is 5.92 Å². The van der Waals surface area contributed by atoms with Gasteiger partial charge in [-0.2, -0.15) is 0 Å². The molecule has 0 aromatic carbocycles. The van der Waals surface area contributed by atoms with Gasteiger partial charge >= 0.3 is 0 Å². The highest BCUT2D eigenvalue weighted by Gasteiger charge is 2.31. The standard InChI is InChI=1S/C13H19NO2/c1-10(2)9-13(15)14-7-3-5-11(14)12-6-4-8-16-12/h4,6,8,10-11H,3,5,7,9H2,1-2H3. The molecule has 88 valence electrons. The van der Waals surface area contributed by atoms with Crippen LogP contribution in [0.5, 0.6) is 0 Å². The maximum absolute atomic E-state index is 12.0. The molecule has 1 saturated heterocycles. The zero-order valence-corrected chi connectivity index (χ0v) is 9.98. The molecule has 3 nitrogen and oxygen atoms in total. The maximum Gasteiger partial charge on any atom is 0.223 e. The first kappa shape index (κ1) is 11.2. The van der Waals surface area contributed by atoms with Crippen LogP contribution in [-0.2, 0) is 4.79 Å².